The van der Waals surface area contributed by atoms with Gasteiger partial charge in [0.15, 0.2) is 6.29 Å². The first kappa shape index (κ1) is 31.1. The molecular formula is C34H42FN5O2. The van der Waals surface area contributed by atoms with Crippen LogP contribution < -0.4 is 10.2 Å². The van der Waals surface area contributed by atoms with E-state index in [4.69, 9.17) is 9.47 Å². The number of nitrogens with zero attached hydrogens (tertiary/aromatic N) is 4. The Bertz CT molecular complexity index is 1430. The minimum atomic E-state index is -0.292. The first-order valence-electron chi connectivity index (χ1n) is 14.3. The Morgan fingerprint density at radius 1 is 1.07 bits per heavy atom. The van der Waals surface area contributed by atoms with E-state index in [2.05, 4.69) is 51.7 Å². The Balaban J connectivity index is 1.48. The van der Waals surface area contributed by atoms with Crippen molar-refractivity contribution >= 4 is 40.8 Å². The molecule has 3 aromatic carbocycles. The maximum Gasteiger partial charge on any atom is 0.169 e. The van der Waals surface area contributed by atoms with Crippen LogP contribution >= 0.6 is 0 Å². The summed E-state index contributed by atoms with van der Waals surface area (Å²) in [5.74, 6) is -0.253. The van der Waals surface area contributed by atoms with Gasteiger partial charge < -0.3 is 19.7 Å². The number of hydrogen-bond donors (Lipinski definition) is 1. The Hall–Kier alpha value is -3.85. The topological polar surface area (TPSA) is 61.7 Å². The Morgan fingerprint density at radius 2 is 1.81 bits per heavy atom. The number of allylic oxidation sites excluding steroid dienone is 2. The smallest absolute Gasteiger partial charge is 0.169 e. The van der Waals surface area contributed by atoms with Gasteiger partial charge in [-0.05, 0) is 74.3 Å². The third-order valence-electron chi connectivity index (χ3n) is 7.51. The average molecular weight is 572 g/mol. The fraction of sp³-hybridized carbons (Fsp3) is 0.353. The number of piperidine rings is 1. The first-order valence-corrected chi connectivity index (χ1v) is 14.3. The summed E-state index contributed by atoms with van der Waals surface area (Å²) in [7, 11) is 5.20. The maximum absolute atomic E-state index is 14.6. The van der Waals surface area contributed by atoms with Crippen LogP contribution in [0, 0.1) is 5.82 Å². The normalized spacial score (nSPS) is 14.3. The molecule has 1 N–H and O–H groups in total. The number of benzene rings is 3. The van der Waals surface area contributed by atoms with Crippen LogP contribution in [0.4, 0.5) is 15.8 Å². The Kier molecular flexibility index (Phi) is 11.4. The number of rotatable bonds is 14. The van der Waals surface area contributed by atoms with Crippen molar-refractivity contribution in [3.05, 3.63) is 89.9 Å². The molecule has 0 spiro atoms. The van der Waals surface area contributed by atoms with Crippen LogP contribution in [0.1, 0.15) is 30.4 Å². The summed E-state index contributed by atoms with van der Waals surface area (Å²) >= 11 is 0. The van der Waals surface area contributed by atoms with Gasteiger partial charge in [0.1, 0.15) is 5.82 Å². The minimum absolute atomic E-state index is 0.253. The highest BCUT2D eigenvalue weighted by Crippen LogP contribution is 2.32. The van der Waals surface area contributed by atoms with Crippen molar-refractivity contribution < 1.29 is 13.9 Å². The Labute approximate surface area is 249 Å². The molecule has 1 saturated heterocycles. The third kappa shape index (κ3) is 8.35. The van der Waals surface area contributed by atoms with E-state index in [9.17, 15) is 4.39 Å². The fourth-order valence-corrected chi connectivity index (χ4v) is 5.19. The van der Waals surface area contributed by atoms with Crippen molar-refractivity contribution in [2.75, 3.05) is 57.8 Å². The molecule has 0 radical (unpaired) electrons. The number of likely N-dealkylation sites (N-methyl/N-ethyl adjacent to an activating group) is 1. The van der Waals surface area contributed by atoms with Crippen LogP contribution in [0.5, 0.6) is 0 Å². The molecule has 42 heavy (non-hydrogen) atoms. The zero-order chi connectivity index (χ0) is 29.9. The van der Waals surface area contributed by atoms with Gasteiger partial charge in [0.05, 0.1) is 13.2 Å². The summed E-state index contributed by atoms with van der Waals surface area (Å²) in [6.07, 6.45) is 7.45. The summed E-state index contributed by atoms with van der Waals surface area (Å²) in [5.41, 5.74) is 5.15. The largest absolute Gasteiger partial charge is 0.371 e. The molecule has 222 valence electrons. The summed E-state index contributed by atoms with van der Waals surface area (Å²) in [6, 6.07) is 17.5. The van der Waals surface area contributed by atoms with Gasteiger partial charge >= 0.3 is 0 Å². The number of ether oxygens (including phenoxy) is 2. The molecule has 1 aliphatic rings. The van der Waals surface area contributed by atoms with Crippen LogP contribution in [0.3, 0.4) is 0 Å². The van der Waals surface area contributed by atoms with Gasteiger partial charge in [-0.25, -0.2) is 4.39 Å². The second-order valence-corrected chi connectivity index (χ2v) is 10.6. The number of fused-ring (bicyclic) bond motifs is 1. The van der Waals surface area contributed by atoms with Crippen molar-refractivity contribution in [3.63, 3.8) is 0 Å². The standard InChI is InChI=1S/C34H42FN5O2/c1-25(27-19-28(35)22-30(21-27)40-17-9-6-10-18-40)38-33-14-13-26(31-11-7-8-12-32(31)33)20-29(36-2)15-16-37-24-39(3)23-34(41-4)42-5/h7-8,11-16,19,21-22,34,38H,1-2,6,9-10,17-18,20,23-24H2,3-5H3/b29-15-,37-16-. The molecule has 1 aliphatic heterocycles. The summed E-state index contributed by atoms with van der Waals surface area (Å²) in [5, 5.41) is 5.60. The van der Waals surface area contributed by atoms with Crippen molar-refractivity contribution in [2.24, 2.45) is 9.98 Å². The van der Waals surface area contributed by atoms with E-state index in [0.29, 0.717) is 25.3 Å². The second-order valence-electron chi connectivity index (χ2n) is 10.6. The lowest BCUT2D eigenvalue weighted by Gasteiger charge is -2.29. The number of methoxy groups -OCH3 is 2. The van der Waals surface area contributed by atoms with Crippen LogP contribution in [0.15, 0.2) is 82.9 Å². The molecule has 1 heterocycles. The molecule has 0 saturated carbocycles. The molecule has 0 amide bonds. The molecule has 0 unspecified atom stereocenters. The molecule has 7 nitrogen and oxygen atoms in total. The minimum Gasteiger partial charge on any atom is -0.371 e. The van der Waals surface area contributed by atoms with Gasteiger partial charge in [-0.1, -0.05) is 36.9 Å². The van der Waals surface area contributed by atoms with Crippen molar-refractivity contribution in [1.29, 1.82) is 0 Å². The molecule has 0 aliphatic carbocycles. The van der Waals surface area contributed by atoms with Crippen LogP contribution in [0.25, 0.3) is 16.5 Å². The highest BCUT2D eigenvalue weighted by atomic mass is 19.1. The lowest BCUT2D eigenvalue weighted by atomic mass is 9.99. The van der Waals surface area contributed by atoms with Gasteiger partial charge in [-0.2, -0.15) is 0 Å². The maximum atomic E-state index is 14.6. The van der Waals surface area contributed by atoms with Crippen LogP contribution in [0.2, 0.25) is 0 Å². The van der Waals surface area contributed by atoms with E-state index < -0.39 is 0 Å². The quantitative estimate of drug-likeness (QED) is 0.171. The van der Waals surface area contributed by atoms with Crippen molar-refractivity contribution in [2.45, 2.75) is 32.0 Å². The van der Waals surface area contributed by atoms with E-state index in [1.54, 1.807) is 32.6 Å². The predicted molar refractivity (Wildman–Crippen MR) is 174 cm³/mol. The highest BCUT2D eigenvalue weighted by Gasteiger charge is 2.15. The van der Waals surface area contributed by atoms with Gasteiger partial charge in [0, 0.05) is 73.7 Å². The van der Waals surface area contributed by atoms with Gasteiger partial charge in [0.2, 0.25) is 0 Å². The van der Waals surface area contributed by atoms with E-state index >= 15 is 0 Å². The SMILES string of the molecule is C=N/C(=C\C=N/CN(C)CC(OC)OC)Cc1ccc(NC(=C)c2cc(F)cc(N3CCCCC3)c2)c2ccccc12. The van der Waals surface area contributed by atoms with Crippen molar-refractivity contribution in [1.82, 2.24) is 4.90 Å². The highest BCUT2D eigenvalue weighted by molar-refractivity contribution is 5.99. The van der Waals surface area contributed by atoms with Gasteiger partial charge in [0.25, 0.3) is 0 Å². The predicted octanol–water partition coefficient (Wildman–Crippen LogP) is 6.76. The monoisotopic (exact) mass is 571 g/mol. The molecular weight excluding hydrogens is 529 g/mol. The molecule has 3 aromatic rings. The van der Waals surface area contributed by atoms with Gasteiger partial charge in [-0.3, -0.25) is 14.9 Å². The number of aliphatic imine (C=N–C) groups is 2. The lowest BCUT2D eigenvalue weighted by molar-refractivity contribution is -0.113. The molecule has 4 rings (SSSR count). The van der Waals surface area contributed by atoms with Crippen molar-refractivity contribution in [3.8, 4) is 0 Å². The summed E-state index contributed by atoms with van der Waals surface area (Å²) in [4.78, 5) is 13.0. The molecule has 0 atom stereocenters. The molecule has 8 heteroatoms. The van der Waals surface area contributed by atoms with E-state index in [-0.39, 0.29) is 12.1 Å². The number of halogens is 1. The zero-order valence-corrected chi connectivity index (χ0v) is 25.0. The molecule has 0 aromatic heterocycles. The van der Waals surface area contributed by atoms with Gasteiger partial charge in [-0.15, -0.1) is 0 Å². The van der Waals surface area contributed by atoms with E-state index in [1.807, 2.05) is 42.3 Å². The zero-order valence-electron chi connectivity index (χ0n) is 25.0. The van der Waals surface area contributed by atoms with E-state index in [0.717, 1.165) is 64.9 Å². The van der Waals surface area contributed by atoms with Crippen LogP contribution in [-0.4, -0.2) is 71.7 Å². The fourth-order valence-electron chi connectivity index (χ4n) is 5.19. The third-order valence-corrected chi connectivity index (χ3v) is 7.51. The summed E-state index contributed by atoms with van der Waals surface area (Å²) < 4.78 is 25.1. The molecule has 0 bridgehead atoms. The number of nitrogens with one attached hydrogen (secondary N) is 1. The number of anilines is 2. The number of hydrogen-bond acceptors (Lipinski definition) is 7. The molecule has 1 fully saturated rings. The lowest BCUT2D eigenvalue weighted by Crippen LogP contribution is -2.31. The van der Waals surface area contributed by atoms with Crippen LogP contribution in [-0.2, 0) is 15.9 Å². The summed E-state index contributed by atoms with van der Waals surface area (Å²) in [6.45, 7) is 11.0. The average Bonchev–Trinajstić information content (AvgIpc) is 3.02. The first-order chi connectivity index (χ1) is 20.4. The van der Waals surface area contributed by atoms with E-state index in [1.165, 1.54) is 6.42 Å². The Morgan fingerprint density at radius 3 is 2.52 bits per heavy atom. The second kappa shape index (κ2) is 15.4.